The lowest BCUT2D eigenvalue weighted by atomic mass is 10.2. The third kappa shape index (κ3) is 2.70. The van der Waals surface area contributed by atoms with Gasteiger partial charge in [-0.25, -0.2) is 4.39 Å². The Morgan fingerprint density at radius 1 is 1.43 bits per heavy atom. The number of benzene rings is 1. The highest BCUT2D eigenvalue weighted by atomic mass is 19.1. The standard InChI is InChI=1S/C11H15FO2/c1-2-3-7-14-11-9(8-13)5-4-6-10(11)12/h4-6,13H,2-3,7-8H2,1H3. The number of hydrogen-bond acceptors (Lipinski definition) is 2. The van der Waals surface area contributed by atoms with Crippen LogP contribution in [0.1, 0.15) is 25.3 Å². The molecule has 1 aromatic rings. The summed E-state index contributed by atoms with van der Waals surface area (Å²) >= 11 is 0. The molecule has 1 N–H and O–H groups in total. The van der Waals surface area contributed by atoms with Crippen LogP contribution < -0.4 is 4.74 Å². The van der Waals surface area contributed by atoms with Crippen molar-refractivity contribution in [2.45, 2.75) is 26.4 Å². The van der Waals surface area contributed by atoms with Gasteiger partial charge in [0.25, 0.3) is 0 Å². The molecule has 0 aliphatic carbocycles. The van der Waals surface area contributed by atoms with Crippen molar-refractivity contribution in [3.63, 3.8) is 0 Å². The Bertz CT molecular complexity index is 287. The van der Waals surface area contributed by atoms with Crippen molar-refractivity contribution in [3.8, 4) is 5.75 Å². The van der Waals surface area contributed by atoms with Crippen LogP contribution >= 0.6 is 0 Å². The van der Waals surface area contributed by atoms with Crippen molar-refractivity contribution in [2.24, 2.45) is 0 Å². The van der Waals surface area contributed by atoms with Crippen molar-refractivity contribution in [3.05, 3.63) is 29.6 Å². The Hall–Kier alpha value is -1.09. The molecule has 2 nitrogen and oxygen atoms in total. The van der Waals surface area contributed by atoms with Gasteiger partial charge >= 0.3 is 0 Å². The molecule has 78 valence electrons. The summed E-state index contributed by atoms with van der Waals surface area (Å²) in [6, 6.07) is 4.55. The van der Waals surface area contributed by atoms with Crippen LogP contribution in [0.5, 0.6) is 5.75 Å². The van der Waals surface area contributed by atoms with Crippen molar-refractivity contribution < 1.29 is 14.2 Å². The second kappa shape index (κ2) is 5.60. The molecule has 3 heteroatoms. The summed E-state index contributed by atoms with van der Waals surface area (Å²) in [5.74, 6) is -0.226. The number of rotatable bonds is 5. The van der Waals surface area contributed by atoms with Crippen LogP contribution in [-0.4, -0.2) is 11.7 Å². The van der Waals surface area contributed by atoms with Gasteiger partial charge in [0.2, 0.25) is 0 Å². The summed E-state index contributed by atoms with van der Waals surface area (Å²) < 4.78 is 18.5. The van der Waals surface area contributed by atoms with Crippen molar-refractivity contribution in [1.29, 1.82) is 0 Å². The highest BCUT2D eigenvalue weighted by Crippen LogP contribution is 2.22. The molecule has 0 saturated heterocycles. The van der Waals surface area contributed by atoms with E-state index in [2.05, 4.69) is 0 Å². The van der Waals surface area contributed by atoms with E-state index in [1.807, 2.05) is 6.92 Å². The minimum Gasteiger partial charge on any atom is -0.490 e. The average Bonchev–Trinajstić information content (AvgIpc) is 2.20. The zero-order valence-corrected chi connectivity index (χ0v) is 8.29. The summed E-state index contributed by atoms with van der Waals surface area (Å²) in [5, 5.41) is 8.95. The lowest BCUT2D eigenvalue weighted by Gasteiger charge is -2.10. The molecule has 0 heterocycles. The van der Waals surface area contributed by atoms with Gasteiger partial charge in [-0.2, -0.15) is 0 Å². The van der Waals surface area contributed by atoms with Crippen LogP contribution in [0.3, 0.4) is 0 Å². The van der Waals surface area contributed by atoms with E-state index in [1.54, 1.807) is 12.1 Å². The van der Waals surface area contributed by atoms with Gasteiger partial charge in [0.05, 0.1) is 13.2 Å². The fourth-order valence-electron chi connectivity index (χ4n) is 1.16. The molecule has 0 aliphatic heterocycles. The van der Waals surface area contributed by atoms with E-state index < -0.39 is 5.82 Å². The van der Waals surface area contributed by atoms with Gasteiger partial charge in [0.1, 0.15) is 0 Å². The fraction of sp³-hybridized carbons (Fsp3) is 0.455. The smallest absolute Gasteiger partial charge is 0.165 e. The fourth-order valence-corrected chi connectivity index (χ4v) is 1.16. The first kappa shape index (κ1) is 11.0. The van der Waals surface area contributed by atoms with E-state index in [-0.39, 0.29) is 12.4 Å². The summed E-state index contributed by atoms with van der Waals surface area (Å²) in [6.07, 6.45) is 1.89. The lowest BCUT2D eigenvalue weighted by molar-refractivity contribution is 0.254. The highest BCUT2D eigenvalue weighted by molar-refractivity contribution is 5.34. The van der Waals surface area contributed by atoms with Crippen molar-refractivity contribution in [1.82, 2.24) is 0 Å². The molecule has 0 aliphatic rings. The van der Waals surface area contributed by atoms with Gasteiger partial charge in [-0.3, -0.25) is 0 Å². The number of aliphatic hydroxyl groups excluding tert-OH is 1. The van der Waals surface area contributed by atoms with Crippen LogP contribution in [0.2, 0.25) is 0 Å². The Morgan fingerprint density at radius 2 is 2.21 bits per heavy atom. The van der Waals surface area contributed by atoms with E-state index in [0.29, 0.717) is 12.2 Å². The van der Waals surface area contributed by atoms with E-state index in [0.717, 1.165) is 12.8 Å². The number of aliphatic hydroxyl groups is 1. The summed E-state index contributed by atoms with van der Waals surface area (Å²) in [4.78, 5) is 0. The molecule has 1 aromatic carbocycles. The number of para-hydroxylation sites is 1. The molecule has 0 spiro atoms. The van der Waals surface area contributed by atoms with Crippen molar-refractivity contribution in [2.75, 3.05) is 6.61 Å². The molecule has 0 radical (unpaired) electrons. The van der Waals surface area contributed by atoms with Gasteiger partial charge in [0.15, 0.2) is 11.6 Å². The maximum atomic E-state index is 13.2. The van der Waals surface area contributed by atoms with Crippen LogP contribution in [0.4, 0.5) is 4.39 Å². The maximum Gasteiger partial charge on any atom is 0.165 e. The Labute approximate surface area is 83.3 Å². The van der Waals surface area contributed by atoms with Crippen LogP contribution in [0.15, 0.2) is 18.2 Å². The Balaban J connectivity index is 2.72. The quantitative estimate of drug-likeness (QED) is 0.736. The third-order valence-corrected chi connectivity index (χ3v) is 1.96. The molecule has 1 rings (SSSR count). The molecular weight excluding hydrogens is 183 g/mol. The minimum absolute atomic E-state index is 0.184. The first-order valence-electron chi connectivity index (χ1n) is 4.80. The van der Waals surface area contributed by atoms with Crippen molar-refractivity contribution >= 4 is 0 Å². The maximum absolute atomic E-state index is 13.2. The number of ether oxygens (including phenoxy) is 1. The first-order valence-corrected chi connectivity index (χ1v) is 4.80. The summed E-state index contributed by atoms with van der Waals surface area (Å²) in [5.41, 5.74) is 0.501. The Morgan fingerprint density at radius 3 is 2.86 bits per heavy atom. The van der Waals surface area contributed by atoms with Gasteiger partial charge in [-0.1, -0.05) is 25.5 Å². The average molecular weight is 198 g/mol. The Kier molecular flexibility index (Phi) is 4.40. The second-order valence-electron chi connectivity index (χ2n) is 3.09. The minimum atomic E-state index is -0.410. The lowest BCUT2D eigenvalue weighted by Crippen LogP contribution is -2.02. The molecule has 0 aromatic heterocycles. The van der Waals surface area contributed by atoms with Gasteiger partial charge in [-0.05, 0) is 12.5 Å². The molecule has 0 atom stereocenters. The molecule has 0 fully saturated rings. The van der Waals surface area contributed by atoms with Crippen LogP contribution in [0.25, 0.3) is 0 Å². The van der Waals surface area contributed by atoms with Gasteiger partial charge < -0.3 is 9.84 Å². The SMILES string of the molecule is CCCCOc1c(F)cccc1CO. The largest absolute Gasteiger partial charge is 0.490 e. The normalized spacial score (nSPS) is 10.2. The predicted octanol–water partition coefficient (Wildman–Crippen LogP) is 2.50. The molecule has 0 amide bonds. The van der Waals surface area contributed by atoms with E-state index >= 15 is 0 Å². The number of halogens is 1. The second-order valence-corrected chi connectivity index (χ2v) is 3.09. The molecule has 0 unspecified atom stereocenters. The molecular formula is C11H15FO2. The topological polar surface area (TPSA) is 29.5 Å². The predicted molar refractivity (Wildman–Crippen MR) is 52.7 cm³/mol. The number of unbranched alkanes of at least 4 members (excludes halogenated alkanes) is 1. The van der Waals surface area contributed by atoms with Gasteiger partial charge in [0, 0.05) is 5.56 Å². The molecule has 0 bridgehead atoms. The highest BCUT2D eigenvalue weighted by Gasteiger charge is 2.08. The monoisotopic (exact) mass is 198 g/mol. The van der Waals surface area contributed by atoms with Crippen LogP contribution in [-0.2, 0) is 6.61 Å². The molecule has 0 saturated carbocycles. The zero-order chi connectivity index (χ0) is 10.4. The summed E-state index contributed by atoms with van der Waals surface area (Å²) in [7, 11) is 0. The third-order valence-electron chi connectivity index (χ3n) is 1.96. The van der Waals surface area contributed by atoms with E-state index in [9.17, 15) is 4.39 Å². The molecule has 14 heavy (non-hydrogen) atoms. The summed E-state index contributed by atoms with van der Waals surface area (Å²) in [6.45, 7) is 2.33. The van der Waals surface area contributed by atoms with Gasteiger partial charge in [-0.15, -0.1) is 0 Å². The first-order chi connectivity index (χ1) is 6.79. The number of hydrogen-bond donors (Lipinski definition) is 1. The zero-order valence-electron chi connectivity index (χ0n) is 8.29. The van der Waals surface area contributed by atoms with E-state index in [4.69, 9.17) is 9.84 Å². The van der Waals surface area contributed by atoms with Crippen LogP contribution in [0, 0.1) is 5.82 Å². The van der Waals surface area contributed by atoms with E-state index in [1.165, 1.54) is 6.07 Å².